The van der Waals surface area contributed by atoms with E-state index in [4.69, 9.17) is 4.74 Å². The van der Waals surface area contributed by atoms with Crippen molar-refractivity contribution in [3.05, 3.63) is 33.9 Å². The molecule has 1 aromatic carbocycles. The molecule has 15 heavy (non-hydrogen) atoms. The molecule has 0 atom stereocenters. The van der Waals surface area contributed by atoms with E-state index in [1.807, 2.05) is 6.07 Å². The van der Waals surface area contributed by atoms with E-state index in [0.29, 0.717) is 5.75 Å². The molecule has 0 N–H and O–H groups in total. The molecule has 4 nitrogen and oxygen atoms in total. The lowest BCUT2D eigenvalue weighted by molar-refractivity contribution is -0.385. The number of rotatable bonds is 5. The van der Waals surface area contributed by atoms with Gasteiger partial charge in [0, 0.05) is 6.07 Å². The van der Waals surface area contributed by atoms with Gasteiger partial charge in [-0.1, -0.05) is 6.07 Å². The number of nitro benzene ring substituents is 1. The van der Waals surface area contributed by atoms with Gasteiger partial charge in [0.05, 0.1) is 12.0 Å². The zero-order chi connectivity index (χ0) is 11.3. The number of hydrogen-bond donors (Lipinski definition) is 1. The summed E-state index contributed by atoms with van der Waals surface area (Å²) in [6.07, 6.45) is 1.71. The van der Waals surface area contributed by atoms with Gasteiger partial charge in [-0.3, -0.25) is 10.1 Å². The summed E-state index contributed by atoms with van der Waals surface area (Å²) in [6.45, 7) is 0. The van der Waals surface area contributed by atoms with Crippen LogP contribution in [0, 0.1) is 10.1 Å². The minimum atomic E-state index is -0.428. The number of hydrogen-bond acceptors (Lipinski definition) is 4. The molecule has 0 saturated carbocycles. The van der Waals surface area contributed by atoms with Crippen molar-refractivity contribution in [2.24, 2.45) is 0 Å². The lowest BCUT2D eigenvalue weighted by atomic mass is 10.1. The molecule has 1 aromatic rings. The molecule has 0 bridgehead atoms. The van der Waals surface area contributed by atoms with E-state index in [1.54, 1.807) is 12.1 Å². The number of aryl methyl sites for hydroxylation is 1. The zero-order valence-electron chi connectivity index (χ0n) is 8.47. The smallest absolute Gasteiger partial charge is 0.311 e. The van der Waals surface area contributed by atoms with E-state index in [2.05, 4.69) is 12.6 Å². The van der Waals surface area contributed by atoms with Gasteiger partial charge in [-0.15, -0.1) is 0 Å². The monoisotopic (exact) mass is 227 g/mol. The van der Waals surface area contributed by atoms with E-state index >= 15 is 0 Å². The molecule has 0 fully saturated rings. The first-order chi connectivity index (χ1) is 7.19. The number of methoxy groups -OCH3 is 1. The van der Waals surface area contributed by atoms with Crippen LogP contribution in [0.25, 0.3) is 0 Å². The molecule has 0 saturated heterocycles. The van der Waals surface area contributed by atoms with Crippen molar-refractivity contribution >= 4 is 18.3 Å². The maximum Gasteiger partial charge on any atom is 0.311 e. The predicted octanol–water partition coefficient (Wildman–Crippen LogP) is 2.47. The number of thiol groups is 1. The highest BCUT2D eigenvalue weighted by Gasteiger charge is 2.14. The summed E-state index contributed by atoms with van der Waals surface area (Å²) < 4.78 is 4.91. The standard InChI is InChI=1S/C10H13NO3S/c1-14-10-5-4-8(3-2-6-15)7-9(10)11(12)13/h4-5,7,15H,2-3,6H2,1H3. The molecule has 0 heterocycles. The van der Waals surface area contributed by atoms with E-state index < -0.39 is 4.92 Å². The van der Waals surface area contributed by atoms with Crippen molar-refractivity contribution in [3.63, 3.8) is 0 Å². The Labute approximate surface area is 93.8 Å². The Morgan fingerprint density at radius 3 is 2.80 bits per heavy atom. The first-order valence-electron chi connectivity index (χ1n) is 4.61. The SMILES string of the molecule is COc1ccc(CCCS)cc1[N+](=O)[O-]. The Balaban J connectivity index is 2.94. The molecular weight excluding hydrogens is 214 g/mol. The fourth-order valence-corrected chi connectivity index (χ4v) is 1.48. The average Bonchev–Trinajstić information content (AvgIpc) is 2.25. The number of nitro groups is 1. The second kappa shape index (κ2) is 5.60. The van der Waals surface area contributed by atoms with Crippen LogP contribution >= 0.6 is 12.6 Å². The summed E-state index contributed by atoms with van der Waals surface area (Å²) in [5.41, 5.74) is 0.964. The highest BCUT2D eigenvalue weighted by molar-refractivity contribution is 7.80. The lowest BCUT2D eigenvalue weighted by Crippen LogP contribution is -1.95. The molecule has 0 spiro atoms. The molecule has 0 aliphatic carbocycles. The first-order valence-corrected chi connectivity index (χ1v) is 5.24. The first kappa shape index (κ1) is 11.8. The predicted molar refractivity (Wildman–Crippen MR) is 61.8 cm³/mol. The van der Waals surface area contributed by atoms with Crippen LogP contribution in [0.3, 0.4) is 0 Å². The van der Waals surface area contributed by atoms with Gasteiger partial charge in [-0.2, -0.15) is 12.6 Å². The van der Waals surface area contributed by atoms with Gasteiger partial charge in [0.2, 0.25) is 0 Å². The fraction of sp³-hybridized carbons (Fsp3) is 0.400. The lowest BCUT2D eigenvalue weighted by Gasteiger charge is -2.04. The van der Waals surface area contributed by atoms with Crippen LogP contribution in [0.15, 0.2) is 18.2 Å². The third kappa shape index (κ3) is 3.13. The topological polar surface area (TPSA) is 52.4 Å². The van der Waals surface area contributed by atoms with Crippen LogP contribution in [-0.4, -0.2) is 17.8 Å². The summed E-state index contributed by atoms with van der Waals surface area (Å²) in [4.78, 5) is 10.3. The molecule has 0 radical (unpaired) electrons. The van der Waals surface area contributed by atoms with Gasteiger partial charge in [0.15, 0.2) is 5.75 Å². The van der Waals surface area contributed by atoms with Gasteiger partial charge in [-0.25, -0.2) is 0 Å². The zero-order valence-corrected chi connectivity index (χ0v) is 9.37. The van der Waals surface area contributed by atoms with E-state index in [9.17, 15) is 10.1 Å². The van der Waals surface area contributed by atoms with Crippen LogP contribution in [0.2, 0.25) is 0 Å². The Morgan fingerprint density at radius 2 is 2.27 bits per heavy atom. The molecule has 1 rings (SSSR count). The third-order valence-electron chi connectivity index (χ3n) is 2.06. The second-order valence-corrected chi connectivity index (χ2v) is 3.54. The average molecular weight is 227 g/mol. The molecule has 0 aliphatic heterocycles. The van der Waals surface area contributed by atoms with E-state index in [-0.39, 0.29) is 5.69 Å². The van der Waals surface area contributed by atoms with Crippen molar-refractivity contribution in [2.45, 2.75) is 12.8 Å². The Morgan fingerprint density at radius 1 is 1.53 bits per heavy atom. The van der Waals surface area contributed by atoms with Gasteiger partial charge in [0.25, 0.3) is 0 Å². The number of nitrogens with zero attached hydrogens (tertiary/aromatic N) is 1. The summed E-state index contributed by atoms with van der Waals surface area (Å²) >= 11 is 4.10. The largest absolute Gasteiger partial charge is 0.490 e. The van der Waals surface area contributed by atoms with Crippen LogP contribution in [-0.2, 0) is 6.42 Å². The highest BCUT2D eigenvalue weighted by atomic mass is 32.1. The van der Waals surface area contributed by atoms with Crippen LogP contribution in [0.4, 0.5) is 5.69 Å². The van der Waals surface area contributed by atoms with E-state index in [1.165, 1.54) is 7.11 Å². The minimum Gasteiger partial charge on any atom is -0.490 e. The number of ether oxygens (including phenoxy) is 1. The molecule has 0 aromatic heterocycles. The van der Waals surface area contributed by atoms with Crippen LogP contribution in [0.1, 0.15) is 12.0 Å². The Kier molecular flexibility index (Phi) is 4.42. The summed E-state index contributed by atoms with van der Waals surface area (Å²) in [5.74, 6) is 1.08. The maximum atomic E-state index is 10.7. The van der Waals surface area contributed by atoms with Crippen molar-refractivity contribution in [2.75, 3.05) is 12.9 Å². The van der Waals surface area contributed by atoms with Gasteiger partial charge in [-0.05, 0) is 30.2 Å². The Hall–Kier alpha value is -1.23. The maximum absolute atomic E-state index is 10.7. The van der Waals surface area contributed by atoms with Crippen molar-refractivity contribution in [1.82, 2.24) is 0 Å². The van der Waals surface area contributed by atoms with Crippen molar-refractivity contribution < 1.29 is 9.66 Å². The molecule has 0 aliphatic rings. The second-order valence-electron chi connectivity index (χ2n) is 3.09. The molecule has 5 heteroatoms. The fourth-order valence-electron chi connectivity index (χ4n) is 1.32. The summed E-state index contributed by atoms with van der Waals surface area (Å²) in [5, 5.41) is 10.7. The van der Waals surface area contributed by atoms with Gasteiger partial charge < -0.3 is 4.74 Å². The Bertz CT molecular complexity index is 355. The normalized spacial score (nSPS) is 10.0. The minimum absolute atomic E-state index is 0.0224. The van der Waals surface area contributed by atoms with Gasteiger partial charge >= 0.3 is 5.69 Å². The quantitative estimate of drug-likeness (QED) is 0.477. The molecule has 82 valence electrons. The molecule has 0 unspecified atom stereocenters. The van der Waals surface area contributed by atoms with Gasteiger partial charge in [0.1, 0.15) is 0 Å². The summed E-state index contributed by atoms with van der Waals surface area (Å²) in [7, 11) is 1.43. The summed E-state index contributed by atoms with van der Waals surface area (Å²) in [6, 6.07) is 5.03. The highest BCUT2D eigenvalue weighted by Crippen LogP contribution is 2.27. The number of benzene rings is 1. The van der Waals surface area contributed by atoms with Crippen molar-refractivity contribution in [1.29, 1.82) is 0 Å². The van der Waals surface area contributed by atoms with Crippen LogP contribution in [0.5, 0.6) is 5.75 Å². The van der Waals surface area contributed by atoms with E-state index in [0.717, 1.165) is 24.2 Å². The third-order valence-corrected chi connectivity index (χ3v) is 2.38. The molecular formula is C10H13NO3S. The molecule has 0 amide bonds. The van der Waals surface area contributed by atoms with Crippen LogP contribution < -0.4 is 4.74 Å². The van der Waals surface area contributed by atoms with Crippen molar-refractivity contribution in [3.8, 4) is 5.75 Å².